The Kier molecular flexibility index (Phi) is 3.93. The van der Waals surface area contributed by atoms with Crippen LogP contribution in [0.15, 0.2) is 18.2 Å². The summed E-state index contributed by atoms with van der Waals surface area (Å²) in [5, 5.41) is 9.32. The van der Waals surface area contributed by atoms with Crippen molar-refractivity contribution in [2.45, 2.75) is 13.0 Å². The van der Waals surface area contributed by atoms with Crippen LogP contribution in [0.3, 0.4) is 0 Å². The van der Waals surface area contributed by atoms with Crippen molar-refractivity contribution in [3.05, 3.63) is 29.6 Å². The van der Waals surface area contributed by atoms with Crippen LogP contribution in [0.5, 0.6) is 0 Å². The number of aliphatic hydroxyl groups is 1. The van der Waals surface area contributed by atoms with E-state index in [2.05, 4.69) is 0 Å². The molecule has 0 saturated carbocycles. The highest BCUT2D eigenvalue weighted by Crippen LogP contribution is 2.26. The first-order valence-electron chi connectivity index (χ1n) is 5.90. The highest BCUT2D eigenvalue weighted by molar-refractivity contribution is 6.00. The molecule has 1 aliphatic heterocycles. The van der Waals surface area contributed by atoms with E-state index in [1.165, 1.54) is 13.0 Å². The predicted molar refractivity (Wildman–Crippen MR) is 65.4 cm³/mol. The summed E-state index contributed by atoms with van der Waals surface area (Å²) < 4.78 is 19.0. The fraction of sp³-hybridized carbons (Fsp3) is 0.462. The number of ketones is 1. The van der Waals surface area contributed by atoms with Gasteiger partial charge in [-0.2, -0.15) is 0 Å². The summed E-state index contributed by atoms with van der Waals surface area (Å²) in [5.41, 5.74) is 0.614. The number of rotatable bonds is 3. The van der Waals surface area contributed by atoms with Gasteiger partial charge < -0.3 is 14.7 Å². The number of carbonyl (C=O) groups is 1. The van der Waals surface area contributed by atoms with Gasteiger partial charge in [-0.3, -0.25) is 4.79 Å². The van der Waals surface area contributed by atoms with Gasteiger partial charge in [0.25, 0.3) is 0 Å². The fourth-order valence-electron chi connectivity index (χ4n) is 2.22. The lowest BCUT2D eigenvalue weighted by Gasteiger charge is -2.37. The smallest absolute Gasteiger partial charge is 0.164 e. The van der Waals surface area contributed by atoms with Gasteiger partial charge in [-0.25, -0.2) is 4.39 Å². The SMILES string of the molecule is CC(=O)c1c(F)cccc1N1CCOCC1CO. The van der Waals surface area contributed by atoms with E-state index in [-0.39, 0.29) is 24.0 Å². The molecule has 0 spiro atoms. The van der Waals surface area contributed by atoms with Crippen LogP contribution in [0.25, 0.3) is 0 Å². The van der Waals surface area contributed by atoms with Crippen LogP contribution >= 0.6 is 0 Å². The van der Waals surface area contributed by atoms with E-state index in [4.69, 9.17) is 4.74 Å². The molecule has 0 radical (unpaired) electrons. The van der Waals surface area contributed by atoms with Crippen LogP contribution in [-0.4, -0.2) is 43.3 Å². The minimum absolute atomic E-state index is 0.0813. The molecule has 1 aromatic carbocycles. The van der Waals surface area contributed by atoms with Crippen molar-refractivity contribution in [2.24, 2.45) is 0 Å². The third kappa shape index (κ3) is 2.37. The number of Topliss-reactive ketones (excluding diaryl/α,β-unsaturated/α-hetero) is 1. The zero-order chi connectivity index (χ0) is 13.1. The van der Waals surface area contributed by atoms with Gasteiger partial charge in [0.05, 0.1) is 37.1 Å². The molecule has 1 N–H and O–H groups in total. The summed E-state index contributed by atoms with van der Waals surface area (Å²) in [5.74, 6) is -0.838. The number of ether oxygens (including phenoxy) is 1. The highest BCUT2D eigenvalue weighted by atomic mass is 19.1. The molecule has 1 aliphatic rings. The van der Waals surface area contributed by atoms with Gasteiger partial charge >= 0.3 is 0 Å². The Morgan fingerprint density at radius 2 is 2.39 bits per heavy atom. The number of halogens is 1. The molecule has 1 fully saturated rings. The van der Waals surface area contributed by atoms with Gasteiger partial charge in [-0.05, 0) is 19.1 Å². The zero-order valence-corrected chi connectivity index (χ0v) is 10.2. The fourth-order valence-corrected chi connectivity index (χ4v) is 2.22. The average Bonchev–Trinajstić information content (AvgIpc) is 2.38. The minimum Gasteiger partial charge on any atom is -0.394 e. The summed E-state index contributed by atoms with van der Waals surface area (Å²) in [4.78, 5) is 13.4. The molecule has 1 unspecified atom stereocenters. The topological polar surface area (TPSA) is 49.8 Å². The molecular formula is C13H16FNO3. The number of nitrogens with zero attached hydrogens (tertiary/aromatic N) is 1. The molecule has 5 heteroatoms. The quantitative estimate of drug-likeness (QED) is 0.823. The first-order chi connectivity index (χ1) is 8.65. The molecule has 2 rings (SSSR count). The number of hydrogen-bond donors (Lipinski definition) is 1. The van der Waals surface area contributed by atoms with E-state index >= 15 is 0 Å². The molecule has 1 aromatic rings. The second-order valence-electron chi connectivity index (χ2n) is 4.29. The second-order valence-corrected chi connectivity index (χ2v) is 4.29. The van der Waals surface area contributed by atoms with Crippen molar-refractivity contribution in [1.29, 1.82) is 0 Å². The molecule has 0 aromatic heterocycles. The third-order valence-corrected chi connectivity index (χ3v) is 3.09. The lowest BCUT2D eigenvalue weighted by atomic mass is 10.1. The first-order valence-corrected chi connectivity index (χ1v) is 5.90. The summed E-state index contributed by atoms with van der Waals surface area (Å²) in [6.07, 6.45) is 0. The van der Waals surface area contributed by atoms with Crippen molar-refractivity contribution < 1.29 is 19.0 Å². The van der Waals surface area contributed by atoms with E-state index in [0.29, 0.717) is 25.4 Å². The second kappa shape index (κ2) is 5.46. The number of hydrogen-bond acceptors (Lipinski definition) is 4. The van der Waals surface area contributed by atoms with Gasteiger partial charge in [0, 0.05) is 6.54 Å². The highest BCUT2D eigenvalue weighted by Gasteiger charge is 2.26. The van der Waals surface area contributed by atoms with E-state index in [1.54, 1.807) is 12.1 Å². The Morgan fingerprint density at radius 1 is 1.61 bits per heavy atom. The van der Waals surface area contributed by atoms with Crippen LogP contribution in [-0.2, 0) is 4.74 Å². The van der Waals surface area contributed by atoms with Gasteiger partial charge in [-0.1, -0.05) is 6.07 Å². The van der Waals surface area contributed by atoms with E-state index in [0.717, 1.165) is 0 Å². The van der Waals surface area contributed by atoms with Crippen LogP contribution in [0.1, 0.15) is 17.3 Å². The van der Waals surface area contributed by atoms with Gasteiger partial charge in [0.2, 0.25) is 0 Å². The predicted octanol–water partition coefficient (Wildman–Crippen LogP) is 1.23. The van der Waals surface area contributed by atoms with Crippen LogP contribution in [0.2, 0.25) is 0 Å². The van der Waals surface area contributed by atoms with E-state index in [1.807, 2.05) is 4.90 Å². The summed E-state index contributed by atoms with van der Waals surface area (Å²) >= 11 is 0. The Labute approximate surface area is 105 Å². The Balaban J connectivity index is 2.42. The van der Waals surface area contributed by atoms with Gasteiger partial charge in [0.15, 0.2) is 5.78 Å². The number of anilines is 1. The maximum absolute atomic E-state index is 13.7. The normalized spacial score (nSPS) is 19.9. The molecule has 18 heavy (non-hydrogen) atoms. The van der Waals surface area contributed by atoms with Gasteiger partial charge in [0.1, 0.15) is 5.82 Å². The Bertz CT molecular complexity index is 450. The molecule has 98 valence electrons. The van der Waals surface area contributed by atoms with E-state index < -0.39 is 5.82 Å². The minimum atomic E-state index is -0.525. The number of aliphatic hydroxyl groups excluding tert-OH is 1. The number of benzene rings is 1. The van der Waals surface area contributed by atoms with Crippen LogP contribution in [0, 0.1) is 5.82 Å². The zero-order valence-electron chi connectivity index (χ0n) is 10.2. The molecule has 0 bridgehead atoms. The monoisotopic (exact) mass is 253 g/mol. The van der Waals surface area contributed by atoms with Crippen molar-refractivity contribution in [3.8, 4) is 0 Å². The lowest BCUT2D eigenvalue weighted by molar-refractivity contribution is 0.0724. The molecule has 4 nitrogen and oxygen atoms in total. The van der Waals surface area contributed by atoms with E-state index in [9.17, 15) is 14.3 Å². The largest absolute Gasteiger partial charge is 0.394 e. The summed E-state index contributed by atoms with van der Waals surface area (Å²) in [6.45, 7) is 2.67. The van der Waals surface area contributed by atoms with Gasteiger partial charge in [-0.15, -0.1) is 0 Å². The molecule has 0 aliphatic carbocycles. The maximum Gasteiger partial charge on any atom is 0.164 e. The van der Waals surface area contributed by atoms with Crippen molar-refractivity contribution in [2.75, 3.05) is 31.3 Å². The number of morpholine rings is 1. The van der Waals surface area contributed by atoms with Crippen molar-refractivity contribution >= 4 is 11.5 Å². The first kappa shape index (κ1) is 13.0. The third-order valence-electron chi connectivity index (χ3n) is 3.09. The van der Waals surface area contributed by atoms with Crippen molar-refractivity contribution in [1.82, 2.24) is 0 Å². The number of carbonyl (C=O) groups excluding carboxylic acids is 1. The lowest BCUT2D eigenvalue weighted by Crippen LogP contribution is -2.48. The standard InChI is InChI=1S/C13H16FNO3/c1-9(17)13-11(14)3-2-4-12(13)15-5-6-18-8-10(15)7-16/h2-4,10,16H,5-8H2,1H3. The molecular weight excluding hydrogens is 237 g/mol. The average molecular weight is 253 g/mol. The Hall–Kier alpha value is -1.46. The summed E-state index contributed by atoms with van der Waals surface area (Å²) in [6, 6.07) is 4.31. The van der Waals surface area contributed by atoms with Crippen molar-refractivity contribution in [3.63, 3.8) is 0 Å². The molecule has 1 saturated heterocycles. The molecule has 0 amide bonds. The summed E-state index contributed by atoms with van der Waals surface area (Å²) in [7, 11) is 0. The molecule has 1 atom stereocenters. The van der Waals surface area contributed by atoms with Crippen LogP contribution < -0.4 is 4.90 Å². The molecule has 1 heterocycles. The Morgan fingerprint density at radius 3 is 3.06 bits per heavy atom. The maximum atomic E-state index is 13.7. The van der Waals surface area contributed by atoms with Crippen LogP contribution in [0.4, 0.5) is 10.1 Å².